The molecule has 3 N–H and O–H groups in total. The van der Waals surface area contributed by atoms with E-state index in [-0.39, 0.29) is 11.7 Å². The second-order valence-corrected chi connectivity index (χ2v) is 7.03. The number of aliphatic hydroxyl groups is 1. The van der Waals surface area contributed by atoms with E-state index in [1.165, 1.54) is 0 Å². The molecular formula is C19H23NO4. The predicted molar refractivity (Wildman–Crippen MR) is 90.5 cm³/mol. The second kappa shape index (κ2) is 5.98. The molecule has 1 heterocycles. The molecule has 0 bridgehead atoms. The topological polar surface area (TPSA) is 81.0 Å². The number of phenolic OH excluding ortho intramolecular Hbond substituents is 1. The zero-order valence-corrected chi connectivity index (χ0v) is 13.9. The number of aromatic hydroxyl groups is 1. The monoisotopic (exact) mass is 329 g/mol. The third-order valence-corrected chi connectivity index (χ3v) is 5.07. The smallest absolute Gasteiger partial charge is 0.326 e. The van der Waals surface area contributed by atoms with Crippen LogP contribution < -0.4 is 0 Å². The molecule has 0 amide bonds. The van der Waals surface area contributed by atoms with E-state index in [9.17, 15) is 20.1 Å². The highest BCUT2D eigenvalue weighted by Gasteiger charge is 2.41. The van der Waals surface area contributed by atoms with Crippen LogP contribution in [0.25, 0.3) is 0 Å². The highest BCUT2D eigenvalue weighted by molar-refractivity contribution is 5.74. The maximum Gasteiger partial charge on any atom is 0.326 e. The average Bonchev–Trinajstić information content (AvgIpc) is 2.75. The zero-order chi connectivity index (χ0) is 17.5. The van der Waals surface area contributed by atoms with E-state index in [4.69, 9.17) is 0 Å². The molecule has 0 saturated heterocycles. The molecule has 3 atom stereocenters. The zero-order valence-electron chi connectivity index (χ0n) is 13.9. The van der Waals surface area contributed by atoms with Crippen LogP contribution >= 0.6 is 0 Å². The largest absolute Gasteiger partial charge is 0.508 e. The fourth-order valence-electron chi connectivity index (χ4n) is 3.79. The van der Waals surface area contributed by atoms with Gasteiger partial charge in [0.25, 0.3) is 0 Å². The lowest BCUT2D eigenvalue weighted by Gasteiger charge is -2.34. The fourth-order valence-corrected chi connectivity index (χ4v) is 3.79. The highest BCUT2D eigenvalue weighted by Crippen LogP contribution is 2.42. The normalized spacial score (nSPS) is 27.3. The summed E-state index contributed by atoms with van der Waals surface area (Å²) in [7, 11) is 0. The van der Waals surface area contributed by atoms with E-state index in [1.807, 2.05) is 12.3 Å². The number of hydrogen-bond acceptors (Lipinski definition) is 4. The summed E-state index contributed by atoms with van der Waals surface area (Å²) in [6.45, 7) is 4.32. The molecular weight excluding hydrogens is 306 g/mol. The molecule has 0 fully saturated rings. The number of carbonyl (C=O) groups is 1. The SMILES string of the molecule is C[C@@H]1C[C@](C)(O)C2=C1C=CN([C@@H](Cc1ccc(O)cc1)C(=O)O)C2. The first-order valence-corrected chi connectivity index (χ1v) is 8.18. The standard InChI is InChI=1S/C19H23NO4/c1-12-10-19(2,24)16-11-20(8-7-15(12)16)17(18(22)23)9-13-3-5-14(21)6-4-13/h3-8,12,17,21,24H,9-11H2,1-2H3,(H,22,23)/t12-,17+,19+/m1/s1. The molecule has 1 aliphatic carbocycles. The summed E-state index contributed by atoms with van der Waals surface area (Å²) in [5.74, 6) is -0.453. The van der Waals surface area contributed by atoms with Crippen LogP contribution in [0.15, 0.2) is 47.7 Å². The van der Waals surface area contributed by atoms with Gasteiger partial charge in [-0.05, 0) is 54.2 Å². The fraction of sp³-hybridized carbons (Fsp3) is 0.421. The highest BCUT2D eigenvalue weighted by atomic mass is 16.4. The van der Waals surface area contributed by atoms with Crippen molar-refractivity contribution in [3.63, 3.8) is 0 Å². The summed E-state index contributed by atoms with van der Waals surface area (Å²) in [5.41, 5.74) is 2.03. The van der Waals surface area contributed by atoms with Gasteiger partial charge < -0.3 is 20.2 Å². The lowest BCUT2D eigenvalue weighted by molar-refractivity contribution is -0.142. The van der Waals surface area contributed by atoms with Crippen LogP contribution in [0.4, 0.5) is 0 Å². The lowest BCUT2D eigenvalue weighted by Crippen LogP contribution is -2.43. The van der Waals surface area contributed by atoms with Crippen molar-refractivity contribution in [1.29, 1.82) is 0 Å². The van der Waals surface area contributed by atoms with Crippen LogP contribution in [-0.2, 0) is 11.2 Å². The second-order valence-electron chi connectivity index (χ2n) is 7.03. The van der Waals surface area contributed by atoms with Gasteiger partial charge in [-0.15, -0.1) is 0 Å². The molecule has 24 heavy (non-hydrogen) atoms. The first kappa shape index (κ1) is 16.6. The first-order chi connectivity index (χ1) is 11.3. The number of nitrogens with zero attached hydrogens (tertiary/aromatic N) is 1. The van der Waals surface area contributed by atoms with Gasteiger partial charge in [-0.25, -0.2) is 4.79 Å². The van der Waals surface area contributed by atoms with E-state index in [0.717, 1.165) is 16.7 Å². The number of carboxylic acids is 1. The van der Waals surface area contributed by atoms with Crippen molar-refractivity contribution in [2.45, 2.75) is 38.3 Å². The Balaban J connectivity index is 1.81. The van der Waals surface area contributed by atoms with Crippen LogP contribution in [0.5, 0.6) is 5.75 Å². The summed E-state index contributed by atoms with van der Waals surface area (Å²) < 4.78 is 0. The molecule has 0 radical (unpaired) electrons. The minimum Gasteiger partial charge on any atom is -0.508 e. The molecule has 1 aliphatic heterocycles. The molecule has 0 spiro atoms. The van der Waals surface area contributed by atoms with Crippen molar-refractivity contribution in [3.8, 4) is 5.75 Å². The predicted octanol–water partition coefficient (Wildman–Crippen LogP) is 2.30. The van der Waals surface area contributed by atoms with Gasteiger partial charge in [-0.2, -0.15) is 0 Å². The third-order valence-electron chi connectivity index (χ3n) is 5.07. The van der Waals surface area contributed by atoms with Crippen LogP contribution in [0.2, 0.25) is 0 Å². The first-order valence-electron chi connectivity index (χ1n) is 8.18. The van der Waals surface area contributed by atoms with Crippen molar-refractivity contribution in [1.82, 2.24) is 4.90 Å². The number of benzene rings is 1. The van der Waals surface area contributed by atoms with Gasteiger partial charge in [0.15, 0.2) is 0 Å². The van der Waals surface area contributed by atoms with Gasteiger partial charge in [-0.3, -0.25) is 0 Å². The van der Waals surface area contributed by atoms with Crippen molar-refractivity contribution in [2.24, 2.45) is 5.92 Å². The van der Waals surface area contributed by atoms with Crippen molar-refractivity contribution >= 4 is 5.97 Å². The summed E-state index contributed by atoms with van der Waals surface area (Å²) >= 11 is 0. The number of aliphatic carboxylic acids is 1. The number of phenols is 1. The lowest BCUT2D eigenvalue weighted by atomic mass is 9.94. The Labute approximate surface area is 141 Å². The Hall–Kier alpha value is -2.27. The Morgan fingerprint density at radius 1 is 1.38 bits per heavy atom. The van der Waals surface area contributed by atoms with Gasteiger partial charge in [0.1, 0.15) is 11.8 Å². The molecule has 128 valence electrons. The Morgan fingerprint density at radius 3 is 2.67 bits per heavy atom. The van der Waals surface area contributed by atoms with Crippen LogP contribution in [0.3, 0.4) is 0 Å². The number of hydrogen-bond donors (Lipinski definition) is 3. The summed E-state index contributed by atoms with van der Waals surface area (Å²) in [6.07, 6.45) is 4.78. The molecule has 5 heteroatoms. The van der Waals surface area contributed by atoms with Crippen molar-refractivity contribution in [2.75, 3.05) is 6.54 Å². The molecule has 1 aromatic carbocycles. The molecule has 0 saturated carbocycles. The van der Waals surface area contributed by atoms with E-state index in [2.05, 4.69) is 6.92 Å². The van der Waals surface area contributed by atoms with E-state index in [1.54, 1.807) is 36.1 Å². The molecule has 5 nitrogen and oxygen atoms in total. The molecule has 2 aliphatic rings. The van der Waals surface area contributed by atoms with Gasteiger partial charge in [0.2, 0.25) is 0 Å². The third kappa shape index (κ3) is 3.04. The maximum atomic E-state index is 11.8. The quantitative estimate of drug-likeness (QED) is 0.790. The summed E-state index contributed by atoms with van der Waals surface area (Å²) in [4.78, 5) is 13.6. The molecule has 0 aromatic heterocycles. The molecule has 3 rings (SSSR count). The van der Waals surface area contributed by atoms with Crippen LogP contribution in [0, 0.1) is 5.92 Å². The Morgan fingerprint density at radius 2 is 2.04 bits per heavy atom. The Bertz CT molecular complexity index is 703. The number of allylic oxidation sites excluding steroid dienone is 2. The van der Waals surface area contributed by atoms with Crippen molar-refractivity contribution in [3.05, 3.63) is 53.3 Å². The van der Waals surface area contributed by atoms with Gasteiger partial charge in [0.05, 0.1) is 5.60 Å². The van der Waals surface area contributed by atoms with Gasteiger partial charge in [-0.1, -0.05) is 19.1 Å². The van der Waals surface area contributed by atoms with E-state index < -0.39 is 17.6 Å². The maximum absolute atomic E-state index is 11.8. The summed E-state index contributed by atoms with van der Waals surface area (Å²) in [5, 5.41) is 29.6. The number of rotatable bonds is 4. The number of carboxylic acid groups (broad SMARTS) is 1. The van der Waals surface area contributed by atoms with Gasteiger partial charge in [0, 0.05) is 19.2 Å². The van der Waals surface area contributed by atoms with Gasteiger partial charge >= 0.3 is 5.97 Å². The molecule has 1 aromatic rings. The Kier molecular flexibility index (Phi) is 4.13. The van der Waals surface area contributed by atoms with E-state index in [0.29, 0.717) is 19.4 Å². The van der Waals surface area contributed by atoms with Crippen LogP contribution in [-0.4, -0.2) is 44.4 Å². The minimum atomic E-state index is -0.900. The summed E-state index contributed by atoms with van der Waals surface area (Å²) in [6, 6.07) is 5.87. The minimum absolute atomic E-state index is 0.161. The molecule has 0 unspecified atom stereocenters. The average molecular weight is 329 g/mol. The van der Waals surface area contributed by atoms with E-state index >= 15 is 0 Å². The van der Waals surface area contributed by atoms with Crippen molar-refractivity contribution < 1.29 is 20.1 Å². The van der Waals surface area contributed by atoms with Crippen LogP contribution in [0.1, 0.15) is 25.8 Å².